The van der Waals surface area contributed by atoms with E-state index in [1.54, 1.807) is 0 Å². The van der Waals surface area contributed by atoms with Crippen LogP contribution in [-0.4, -0.2) is 71.7 Å². The number of piperidine rings is 1. The largest absolute Gasteiger partial charge is 0.452 e. The molecule has 2 aromatic heterocycles. The van der Waals surface area contributed by atoms with Crippen molar-refractivity contribution in [2.45, 2.75) is 62.6 Å². The molecule has 0 unspecified atom stereocenters. The number of rotatable bonds is 4. The number of aromatic nitrogens is 5. The molecular formula is C21H26F3N7O2S. The monoisotopic (exact) mass is 497 g/mol. The standard InChI is InChI=1S/C21H26F3N7O2S/c22-21(23,24)17-25-14(34-29-17)7-12-1-5-30(6-2-12)18(32)31-10-19(11-31)8-13(9-19)15-26-16(28-27-15)20(33)3-4-20/h12-13,33H,1-11H2,(H,26,27,28). The van der Waals surface area contributed by atoms with Crippen molar-refractivity contribution >= 4 is 17.6 Å². The van der Waals surface area contributed by atoms with Gasteiger partial charge in [0, 0.05) is 43.9 Å². The minimum atomic E-state index is -4.50. The van der Waals surface area contributed by atoms with E-state index < -0.39 is 17.6 Å². The first-order valence-corrected chi connectivity index (χ1v) is 12.5. The van der Waals surface area contributed by atoms with Gasteiger partial charge in [0.1, 0.15) is 16.4 Å². The Morgan fingerprint density at radius 3 is 2.47 bits per heavy atom. The van der Waals surface area contributed by atoms with Crippen LogP contribution in [0.5, 0.6) is 0 Å². The molecule has 13 heteroatoms. The molecule has 2 saturated heterocycles. The SMILES string of the molecule is O=C(N1CCC(Cc2nc(C(F)(F)F)ns2)CC1)N1CC2(CC(c3nc(C4(O)CC4)n[nH]3)C2)C1. The highest BCUT2D eigenvalue weighted by Crippen LogP contribution is 2.56. The van der Waals surface area contributed by atoms with Gasteiger partial charge in [-0.15, -0.1) is 0 Å². The van der Waals surface area contributed by atoms with Crippen LogP contribution in [0.4, 0.5) is 18.0 Å². The summed E-state index contributed by atoms with van der Waals surface area (Å²) in [5.41, 5.74) is -0.664. The molecule has 6 rings (SSSR count). The van der Waals surface area contributed by atoms with Gasteiger partial charge >= 0.3 is 12.2 Å². The molecule has 2 amide bonds. The molecule has 9 nitrogen and oxygen atoms in total. The van der Waals surface area contributed by atoms with Crippen molar-refractivity contribution in [3.05, 3.63) is 22.5 Å². The van der Waals surface area contributed by atoms with Crippen LogP contribution in [0.15, 0.2) is 0 Å². The fourth-order valence-electron chi connectivity index (χ4n) is 5.57. The van der Waals surface area contributed by atoms with Crippen LogP contribution >= 0.6 is 11.5 Å². The highest BCUT2D eigenvalue weighted by molar-refractivity contribution is 7.05. The Hall–Kier alpha value is -2.28. The quantitative estimate of drug-likeness (QED) is 0.672. The van der Waals surface area contributed by atoms with Crippen molar-refractivity contribution in [1.82, 2.24) is 34.3 Å². The number of carbonyl (C=O) groups is 1. The summed E-state index contributed by atoms with van der Waals surface area (Å²) < 4.78 is 41.5. The summed E-state index contributed by atoms with van der Waals surface area (Å²) in [5, 5.41) is 17.7. The van der Waals surface area contributed by atoms with Gasteiger partial charge in [-0.05, 0) is 56.0 Å². The van der Waals surface area contributed by atoms with Gasteiger partial charge in [0.2, 0.25) is 5.82 Å². The minimum Gasteiger partial charge on any atom is -0.382 e. The molecule has 2 aliphatic heterocycles. The van der Waals surface area contributed by atoms with Crippen molar-refractivity contribution in [2.75, 3.05) is 26.2 Å². The smallest absolute Gasteiger partial charge is 0.382 e. The first-order chi connectivity index (χ1) is 16.1. The third kappa shape index (κ3) is 3.96. The molecule has 4 heterocycles. The van der Waals surface area contributed by atoms with E-state index in [9.17, 15) is 23.1 Å². The maximum atomic E-state index is 12.9. The molecule has 1 spiro atoms. The maximum absolute atomic E-state index is 12.9. The second kappa shape index (κ2) is 7.61. The number of aromatic amines is 1. The van der Waals surface area contributed by atoms with Crippen LogP contribution in [0, 0.1) is 11.3 Å². The van der Waals surface area contributed by atoms with Gasteiger partial charge in [-0.2, -0.15) is 22.6 Å². The number of carbonyl (C=O) groups excluding carboxylic acids is 1. The molecule has 4 aliphatic rings. The van der Waals surface area contributed by atoms with Gasteiger partial charge in [0.05, 0.1) is 0 Å². The molecule has 2 aromatic rings. The number of aliphatic hydroxyl groups is 1. The molecule has 0 radical (unpaired) electrons. The number of hydrogen-bond donors (Lipinski definition) is 2. The van der Waals surface area contributed by atoms with E-state index in [-0.39, 0.29) is 17.4 Å². The highest BCUT2D eigenvalue weighted by atomic mass is 32.1. The predicted molar refractivity (Wildman–Crippen MR) is 114 cm³/mol. The van der Waals surface area contributed by atoms with Crippen LogP contribution in [0.3, 0.4) is 0 Å². The number of amides is 2. The third-order valence-corrected chi connectivity index (χ3v) is 8.51. The maximum Gasteiger partial charge on any atom is 0.452 e. The zero-order chi connectivity index (χ0) is 23.7. The second-order valence-corrected chi connectivity index (χ2v) is 11.3. The fraction of sp³-hybridized carbons (Fsp3) is 0.762. The summed E-state index contributed by atoms with van der Waals surface area (Å²) in [5.74, 6) is 0.798. The van der Waals surface area contributed by atoms with Crippen LogP contribution in [0.1, 0.15) is 66.9 Å². The number of nitrogens with zero attached hydrogens (tertiary/aromatic N) is 6. The lowest BCUT2D eigenvalue weighted by molar-refractivity contribution is -0.144. The van der Waals surface area contributed by atoms with Gasteiger partial charge in [-0.25, -0.2) is 14.8 Å². The van der Waals surface area contributed by atoms with E-state index in [1.165, 1.54) is 0 Å². The van der Waals surface area contributed by atoms with Crippen molar-refractivity contribution < 1.29 is 23.1 Å². The number of urea groups is 1. The molecular weight excluding hydrogens is 471 g/mol. The molecule has 184 valence electrons. The Bertz CT molecular complexity index is 1080. The van der Waals surface area contributed by atoms with Crippen molar-refractivity contribution in [1.29, 1.82) is 0 Å². The average Bonchev–Trinajstić information content (AvgIpc) is 3.14. The predicted octanol–water partition coefficient (Wildman–Crippen LogP) is 2.91. The molecule has 2 aliphatic carbocycles. The Morgan fingerprint density at radius 1 is 1.15 bits per heavy atom. The van der Waals surface area contributed by atoms with Gasteiger partial charge < -0.3 is 14.9 Å². The lowest BCUT2D eigenvalue weighted by atomic mass is 9.57. The Balaban J connectivity index is 0.945. The van der Waals surface area contributed by atoms with Crippen LogP contribution < -0.4 is 0 Å². The Labute approximate surface area is 197 Å². The van der Waals surface area contributed by atoms with Crippen molar-refractivity contribution in [3.8, 4) is 0 Å². The fourth-order valence-corrected chi connectivity index (χ4v) is 6.34. The Kier molecular flexibility index (Phi) is 4.97. The first kappa shape index (κ1) is 22.2. The normalized spacial score (nSPS) is 24.2. The minimum absolute atomic E-state index is 0.0562. The zero-order valence-electron chi connectivity index (χ0n) is 18.5. The van der Waals surface area contributed by atoms with E-state index >= 15 is 0 Å². The number of halogens is 3. The molecule has 0 atom stereocenters. The van der Waals surface area contributed by atoms with Crippen LogP contribution in [0.2, 0.25) is 0 Å². The molecule has 4 fully saturated rings. The van der Waals surface area contributed by atoms with Crippen molar-refractivity contribution in [3.63, 3.8) is 0 Å². The van der Waals surface area contributed by atoms with E-state index in [2.05, 4.69) is 24.5 Å². The van der Waals surface area contributed by atoms with Gasteiger partial charge in [-0.1, -0.05) is 0 Å². The number of alkyl halides is 3. The lowest BCUT2D eigenvalue weighted by Crippen LogP contribution is -2.65. The summed E-state index contributed by atoms with van der Waals surface area (Å²) in [6, 6.07) is 0.0562. The van der Waals surface area contributed by atoms with Gasteiger partial charge in [-0.3, -0.25) is 5.10 Å². The lowest BCUT2D eigenvalue weighted by Gasteiger charge is -2.59. The summed E-state index contributed by atoms with van der Waals surface area (Å²) in [6.45, 7) is 2.73. The van der Waals surface area contributed by atoms with Gasteiger partial charge in [0.25, 0.3) is 0 Å². The van der Waals surface area contributed by atoms with Gasteiger partial charge in [0.15, 0.2) is 5.82 Å². The van der Waals surface area contributed by atoms with E-state index in [4.69, 9.17) is 0 Å². The molecule has 2 N–H and O–H groups in total. The summed E-state index contributed by atoms with van der Waals surface area (Å²) in [7, 11) is 0. The molecule has 34 heavy (non-hydrogen) atoms. The first-order valence-electron chi connectivity index (χ1n) is 11.7. The van der Waals surface area contributed by atoms with E-state index in [1.807, 2.05) is 9.80 Å². The number of H-pyrrole nitrogens is 1. The summed E-state index contributed by atoms with van der Waals surface area (Å²) in [6.07, 6.45) is 0.854. The number of nitrogens with one attached hydrogen (secondary N) is 1. The third-order valence-electron chi connectivity index (χ3n) is 7.78. The number of likely N-dealkylation sites (tertiary alicyclic amines) is 2. The Morgan fingerprint density at radius 2 is 1.85 bits per heavy atom. The average molecular weight is 498 g/mol. The second-order valence-electron chi connectivity index (χ2n) is 10.5. The zero-order valence-corrected chi connectivity index (χ0v) is 19.3. The molecule has 2 saturated carbocycles. The van der Waals surface area contributed by atoms with Crippen molar-refractivity contribution in [2.24, 2.45) is 11.3 Å². The molecule has 0 aromatic carbocycles. The van der Waals surface area contributed by atoms with E-state index in [0.717, 1.165) is 56.1 Å². The summed E-state index contributed by atoms with van der Waals surface area (Å²) in [4.78, 5) is 24.8. The van der Waals surface area contributed by atoms with Crippen LogP contribution in [-0.2, 0) is 18.2 Å². The van der Waals surface area contributed by atoms with E-state index in [0.29, 0.717) is 49.1 Å². The topological polar surface area (TPSA) is 111 Å². The summed E-state index contributed by atoms with van der Waals surface area (Å²) >= 11 is 0.815. The van der Waals surface area contributed by atoms with Crippen LogP contribution in [0.25, 0.3) is 0 Å². The highest BCUT2D eigenvalue weighted by Gasteiger charge is 2.56. The molecule has 0 bridgehead atoms. The number of hydrogen-bond acceptors (Lipinski definition) is 7.